The highest BCUT2D eigenvalue weighted by Crippen LogP contribution is 2.41. The zero-order chi connectivity index (χ0) is 19.9. The summed E-state index contributed by atoms with van der Waals surface area (Å²) in [5.41, 5.74) is 3.23. The molecule has 1 aliphatic heterocycles. The normalized spacial score (nSPS) is 14.0. The quantitative estimate of drug-likeness (QED) is 0.549. The van der Waals surface area contributed by atoms with E-state index in [9.17, 15) is 4.79 Å². The highest BCUT2D eigenvalue weighted by molar-refractivity contribution is 7.99. The summed E-state index contributed by atoms with van der Waals surface area (Å²) >= 11 is 1.91. The summed E-state index contributed by atoms with van der Waals surface area (Å²) in [6, 6.07) is 6.37. The molecule has 5 heteroatoms. The molecule has 0 radical (unpaired) electrons. The molecule has 0 spiro atoms. The first-order chi connectivity index (χ1) is 13.0. The van der Waals surface area contributed by atoms with E-state index < -0.39 is 5.97 Å². The Kier molecular flexibility index (Phi) is 7.44. The molecule has 1 aromatic carbocycles. The Balaban J connectivity index is 0.00000126. The first-order valence-corrected chi connectivity index (χ1v) is 10.3. The van der Waals surface area contributed by atoms with Crippen LogP contribution in [0.3, 0.4) is 0 Å². The molecule has 27 heavy (non-hydrogen) atoms. The van der Waals surface area contributed by atoms with Crippen LogP contribution in [-0.4, -0.2) is 28.3 Å². The highest BCUT2D eigenvalue weighted by atomic mass is 32.2. The lowest BCUT2D eigenvalue weighted by atomic mass is 9.81. The summed E-state index contributed by atoms with van der Waals surface area (Å²) in [6.45, 7) is 10.6. The number of ether oxygens (including phenoxy) is 1. The molecule has 2 heterocycles. The number of hydrogen-bond acceptors (Lipinski definition) is 5. The van der Waals surface area contributed by atoms with E-state index in [1.54, 1.807) is 6.92 Å². The number of hydrogen-bond donors (Lipinski definition) is 0. The zero-order valence-corrected chi connectivity index (χ0v) is 17.4. The van der Waals surface area contributed by atoms with Crippen LogP contribution in [0.4, 0.5) is 0 Å². The van der Waals surface area contributed by atoms with Crippen LogP contribution in [-0.2, 0) is 10.2 Å². The minimum Gasteiger partial charge on any atom is -0.461 e. The third kappa shape index (κ3) is 5.33. The van der Waals surface area contributed by atoms with E-state index in [1.807, 2.05) is 31.7 Å². The van der Waals surface area contributed by atoms with Crippen LogP contribution in [0.15, 0.2) is 35.5 Å². The molecule has 1 aliphatic rings. The van der Waals surface area contributed by atoms with Crippen molar-refractivity contribution in [2.24, 2.45) is 0 Å². The van der Waals surface area contributed by atoms with Crippen LogP contribution in [0.2, 0.25) is 0 Å². The smallest absolute Gasteiger partial charge is 0.358 e. The van der Waals surface area contributed by atoms with Crippen molar-refractivity contribution in [1.82, 2.24) is 9.97 Å². The van der Waals surface area contributed by atoms with E-state index in [0.29, 0.717) is 12.3 Å². The van der Waals surface area contributed by atoms with Gasteiger partial charge in [-0.3, -0.25) is 0 Å². The molecule has 0 aliphatic carbocycles. The first-order valence-electron chi connectivity index (χ1n) is 9.28. The number of nitrogens with zero attached hydrogens (tertiary/aromatic N) is 2. The molecule has 0 saturated heterocycles. The molecule has 0 bridgehead atoms. The van der Waals surface area contributed by atoms with Crippen molar-refractivity contribution in [3.05, 3.63) is 53.1 Å². The van der Waals surface area contributed by atoms with Gasteiger partial charge in [0.1, 0.15) is 5.69 Å². The fourth-order valence-electron chi connectivity index (χ4n) is 2.65. The van der Waals surface area contributed by atoms with Crippen LogP contribution in [0.1, 0.15) is 68.3 Å². The lowest BCUT2D eigenvalue weighted by Gasteiger charge is -2.32. The monoisotopic (exact) mass is 382 g/mol. The van der Waals surface area contributed by atoms with Gasteiger partial charge in [0.15, 0.2) is 5.69 Å². The Bertz CT molecular complexity index is 849. The lowest BCUT2D eigenvalue weighted by Crippen LogP contribution is -2.22. The van der Waals surface area contributed by atoms with Crippen LogP contribution in [0.5, 0.6) is 0 Å². The lowest BCUT2D eigenvalue weighted by molar-refractivity contribution is 0.0519. The van der Waals surface area contributed by atoms with Gasteiger partial charge in [-0.1, -0.05) is 33.6 Å². The average molecular weight is 383 g/mol. The second-order valence-corrected chi connectivity index (χ2v) is 7.59. The summed E-state index contributed by atoms with van der Waals surface area (Å²) < 4.78 is 4.89. The van der Waals surface area contributed by atoms with E-state index in [0.717, 1.165) is 11.3 Å². The Morgan fingerprint density at radius 3 is 2.67 bits per heavy atom. The van der Waals surface area contributed by atoms with Gasteiger partial charge in [-0.15, -0.1) is 11.8 Å². The van der Waals surface area contributed by atoms with Crippen LogP contribution >= 0.6 is 11.8 Å². The molecule has 1 aromatic heterocycles. The van der Waals surface area contributed by atoms with Gasteiger partial charge < -0.3 is 4.74 Å². The van der Waals surface area contributed by atoms with Crippen molar-refractivity contribution in [3.63, 3.8) is 0 Å². The van der Waals surface area contributed by atoms with E-state index in [1.165, 1.54) is 29.3 Å². The van der Waals surface area contributed by atoms with Crippen molar-refractivity contribution in [2.45, 2.75) is 51.3 Å². The van der Waals surface area contributed by atoms with E-state index in [4.69, 9.17) is 4.74 Å². The van der Waals surface area contributed by atoms with Gasteiger partial charge in [-0.2, -0.15) is 0 Å². The predicted octanol–water partition coefficient (Wildman–Crippen LogP) is 4.85. The second kappa shape index (κ2) is 9.57. The number of thioether (sulfide) groups is 1. The first kappa shape index (κ1) is 21.0. The molecular formula is C22H26N2O2S. The fraction of sp³-hybridized carbons (Fsp3) is 0.409. The number of benzene rings is 1. The Labute approximate surface area is 166 Å². The maximum absolute atomic E-state index is 11.6. The third-order valence-electron chi connectivity index (χ3n) is 4.16. The molecular weight excluding hydrogens is 356 g/mol. The van der Waals surface area contributed by atoms with Gasteiger partial charge in [0.25, 0.3) is 0 Å². The molecule has 0 saturated carbocycles. The molecule has 0 N–H and O–H groups in total. The van der Waals surface area contributed by atoms with Crippen molar-refractivity contribution in [2.75, 3.05) is 12.4 Å². The Hall–Kier alpha value is -2.32. The number of rotatable bonds is 2. The second-order valence-electron chi connectivity index (χ2n) is 6.45. The fourth-order valence-corrected chi connectivity index (χ4v) is 4.14. The molecule has 0 unspecified atom stereocenters. The molecule has 4 nitrogen and oxygen atoms in total. The van der Waals surface area contributed by atoms with Gasteiger partial charge in [0.05, 0.1) is 19.0 Å². The van der Waals surface area contributed by atoms with Crippen LogP contribution in [0.25, 0.3) is 0 Å². The minimum absolute atomic E-state index is 0.180. The third-order valence-corrected chi connectivity index (χ3v) is 5.24. The Morgan fingerprint density at radius 1 is 1.22 bits per heavy atom. The number of fused-ring (bicyclic) bond motifs is 1. The topological polar surface area (TPSA) is 52.1 Å². The van der Waals surface area contributed by atoms with Crippen molar-refractivity contribution in [1.29, 1.82) is 0 Å². The van der Waals surface area contributed by atoms with Crippen molar-refractivity contribution < 1.29 is 9.53 Å². The molecule has 0 amide bonds. The highest BCUT2D eigenvalue weighted by Gasteiger charge is 2.27. The summed E-state index contributed by atoms with van der Waals surface area (Å²) in [7, 11) is 0. The number of esters is 1. The Morgan fingerprint density at radius 2 is 2.00 bits per heavy atom. The van der Waals surface area contributed by atoms with Crippen molar-refractivity contribution >= 4 is 17.7 Å². The zero-order valence-electron chi connectivity index (χ0n) is 16.6. The number of carbonyl (C=O) groups excluding carboxylic acids is 1. The molecule has 2 aromatic rings. The molecule has 142 valence electrons. The maximum atomic E-state index is 11.6. The minimum atomic E-state index is -0.469. The largest absolute Gasteiger partial charge is 0.461 e. The van der Waals surface area contributed by atoms with Gasteiger partial charge in [-0.05, 0) is 54.2 Å². The van der Waals surface area contributed by atoms with Gasteiger partial charge in [0.2, 0.25) is 0 Å². The summed E-state index contributed by atoms with van der Waals surface area (Å²) in [4.78, 5) is 21.1. The van der Waals surface area contributed by atoms with Crippen LogP contribution < -0.4 is 0 Å². The van der Waals surface area contributed by atoms with Gasteiger partial charge in [0, 0.05) is 10.5 Å². The van der Waals surface area contributed by atoms with Gasteiger partial charge in [-0.25, -0.2) is 14.8 Å². The summed E-state index contributed by atoms with van der Waals surface area (Å²) in [5, 5.41) is 0. The van der Waals surface area contributed by atoms with Crippen LogP contribution in [0, 0.1) is 11.8 Å². The SMILES string of the molecule is CC.CCOC(=O)c1cnc(C#Cc2ccc3c(c2)C(C)(C)CCS3)cn1. The average Bonchev–Trinajstić information content (AvgIpc) is 2.68. The summed E-state index contributed by atoms with van der Waals surface area (Å²) in [6.07, 6.45) is 4.06. The number of aromatic nitrogens is 2. The molecule has 3 rings (SSSR count). The standard InChI is InChI=1S/C20H20N2O2S.C2H6/c1-4-24-19(23)17-13-21-15(12-22-17)7-5-14-6-8-18-16(11-14)20(2,3)9-10-25-18;1-2/h6,8,11-13H,4,9-10H2,1-3H3;1-2H3. The van der Waals surface area contributed by atoms with Gasteiger partial charge >= 0.3 is 5.97 Å². The van der Waals surface area contributed by atoms with E-state index in [-0.39, 0.29) is 11.1 Å². The molecule has 0 atom stereocenters. The summed E-state index contributed by atoms with van der Waals surface area (Å²) in [5.74, 6) is 6.85. The van der Waals surface area contributed by atoms with Crippen molar-refractivity contribution in [3.8, 4) is 11.8 Å². The number of carbonyl (C=O) groups is 1. The molecule has 0 fully saturated rings. The predicted molar refractivity (Wildman–Crippen MR) is 110 cm³/mol. The van der Waals surface area contributed by atoms with E-state index >= 15 is 0 Å². The maximum Gasteiger partial charge on any atom is 0.358 e. The van der Waals surface area contributed by atoms with E-state index in [2.05, 4.69) is 47.8 Å².